The molecule has 1 saturated heterocycles. The van der Waals surface area contributed by atoms with E-state index in [-0.39, 0.29) is 47.3 Å². The predicted octanol–water partition coefficient (Wildman–Crippen LogP) is 4.37. The number of hydrogen-bond donors (Lipinski definition) is 3. The van der Waals surface area contributed by atoms with Crippen molar-refractivity contribution >= 4 is 28.9 Å². The third-order valence-corrected chi connectivity index (χ3v) is 5.89. The zero-order valence-electron chi connectivity index (χ0n) is 19.7. The van der Waals surface area contributed by atoms with Gasteiger partial charge < -0.3 is 21.1 Å². The van der Waals surface area contributed by atoms with Gasteiger partial charge in [0.2, 0.25) is 0 Å². The van der Waals surface area contributed by atoms with Crippen LogP contribution in [0.3, 0.4) is 0 Å². The minimum atomic E-state index is -4.78. The van der Waals surface area contributed by atoms with Gasteiger partial charge in [0, 0.05) is 31.1 Å². The predicted molar refractivity (Wildman–Crippen MR) is 127 cm³/mol. The third-order valence-electron chi connectivity index (χ3n) is 5.89. The first-order chi connectivity index (χ1) is 18.0. The molecule has 13 heteroatoms. The number of amides is 2. The van der Waals surface area contributed by atoms with Crippen LogP contribution in [0.15, 0.2) is 60.9 Å². The van der Waals surface area contributed by atoms with Crippen molar-refractivity contribution in [2.75, 3.05) is 24.3 Å². The molecule has 0 saturated carbocycles. The molecule has 38 heavy (non-hydrogen) atoms. The first-order valence-corrected chi connectivity index (χ1v) is 11.3. The number of pyridine rings is 1. The van der Waals surface area contributed by atoms with E-state index in [9.17, 15) is 27.2 Å². The van der Waals surface area contributed by atoms with E-state index in [2.05, 4.69) is 15.6 Å². The van der Waals surface area contributed by atoms with Crippen molar-refractivity contribution in [3.63, 3.8) is 0 Å². The molecule has 4 N–H and O–H groups in total. The van der Waals surface area contributed by atoms with Crippen LogP contribution in [-0.4, -0.2) is 40.7 Å². The van der Waals surface area contributed by atoms with E-state index >= 15 is 4.48 Å². The van der Waals surface area contributed by atoms with Crippen LogP contribution in [0.2, 0.25) is 0 Å². The highest BCUT2D eigenvalue weighted by Gasteiger charge is 2.46. The lowest BCUT2D eigenvalue weighted by molar-refractivity contribution is -0.155. The molecule has 0 spiro atoms. The first kappa shape index (κ1) is 26.8. The first-order valence-electron chi connectivity index (χ1n) is 11.3. The van der Waals surface area contributed by atoms with Gasteiger partial charge in [0.15, 0.2) is 0 Å². The molecule has 1 fully saturated rings. The summed E-state index contributed by atoms with van der Waals surface area (Å²) in [6, 6.07) is 9.33. The van der Waals surface area contributed by atoms with Crippen LogP contribution in [0.1, 0.15) is 27.9 Å². The zero-order chi connectivity index (χ0) is 27.5. The maximum absolute atomic E-state index is 15.0. The summed E-state index contributed by atoms with van der Waals surface area (Å²) in [4.78, 5) is 29.5. The Kier molecular flexibility index (Phi) is 7.49. The van der Waals surface area contributed by atoms with Crippen molar-refractivity contribution in [3.05, 3.63) is 83.4 Å². The van der Waals surface area contributed by atoms with Gasteiger partial charge in [-0.15, -0.1) is 0 Å². The maximum atomic E-state index is 15.0. The van der Waals surface area contributed by atoms with Crippen LogP contribution in [0.25, 0.3) is 0 Å². The van der Waals surface area contributed by atoms with Crippen molar-refractivity contribution in [3.8, 4) is 0 Å². The second-order valence-electron chi connectivity index (χ2n) is 8.65. The quantitative estimate of drug-likeness (QED) is 0.306. The number of nitrogen functional groups attached to an aromatic ring is 1. The van der Waals surface area contributed by atoms with Gasteiger partial charge in [-0.05, 0) is 35.9 Å². The van der Waals surface area contributed by atoms with Gasteiger partial charge in [0.25, 0.3) is 11.8 Å². The summed E-state index contributed by atoms with van der Waals surface area (Å²) in [5, 5.41) is 4.85. The second-order valence-corrected chi connectivity index (χ2v) is 8.65. The Morgan fingerprint density at radius 2 is 1.87 bits per heavy atom. The summed E-state index contributed by atoms with van der Waals surface area (Å²) in [6.45, 7) is -0.657. The zero-order valence-corrected chi connectivity index (χ0v) is 19.7. The Morgan fingerprint density at radius 3 is 2.50 bits per heavy atom. The van der Waals surface area contributed by atoms with E-state index in [0.29, 0.717) is 0 Å². The fourth-order valence-corrected chi connectivity index (χ4v) is 3.95. The number of para-hydroxylation sites is 1. The van der Waals surface area contributed by atoms with Crippen molar-refractivity contribution in [2.24, 2.45) is 0 Å². The molecule has 0 aliphatic carbocycles. The van der Waals surface area contributed by atoms with E-state index in [1.807, 2.05) is 0 Å². The number of aromatic nitrogens is 1. The largest absolute Gasteiger partial charge is 0.418 e. The smallest absolute Gasteiger partial charge is 0.397 e. The molecule has 1 unspecified atom stereocenters. The Labute approximate surface area is 213 Å². The van der Waals surface area contributed by atoms with E-state index in [4.69, 9.17) is 10.5 Å². The number of carbonyl (C=O) groups excluding carboxylic acids is 2. The summed E-state index contributed by atoms with van der Waals surface area (Å²) in [5.41, 5.74) is 2.78. The van der Waals surface area contributed by atoms with E-state index in [0.717, 1.165) is 18.2 Å². The van der Waals surface area contributed by atoms with Crippen LogP contribution in [0.5, 0.6) is 0 Å². The number of alkyl halides is 3. The van der Waals surface area contributed by atoms with Crippen molar-refractivity contribution in [1.29, 1.82) is 0 Å². The molecule has 1 aliphatic heterocycles. The number of carbonyl (C=O) groups is 2. The molecule has 1 aromatic heterocycles. The summed E-state index contributed by atoms with van der Waals surface area (Å²) in [5.74, 6) is -2.81. The van der Waals surface area contributed by atoms with Gasteiger partial charge in [-0.25, -0.2) is 4.39 Å². The maximum Gasteiger partial charge on any atom is 0.418 e. The Hall–Kier alpha value is -4.26. The van der Waals surface area contributed by atoms with Crippen molar-refractivity contribution in [1.82, 2.24) is 15.4 Å². The molecule has 2 aromatic carbocycles. The van der Waals surface area contributed by atoms with E-state index in [1.54, 1.807) is 0 Å². The fraction of sp³-hybridized carbons (Fsp3) is 0.240. The SMILES string of the molecule is Nc1cncc(C(=O)NC2(C(=O)N(F)Cc3ccc(Nc4c(F)cccc4C(F)(F)F)cc3)CCOC2)c1. The van der Waals surface area contributed by atoms with Gasteiger partial charge in [0.1, 0.15) is 11.4 Å². The molecule has 0 radical (unpaired) electrons. The highest BCUT2D eigenvalue weighted by molar-refractivity contribution is 5.99. The van der Waals surface area contributed by atoms with Gasteiger partial charge in [-0.3, -0.25) is 14.6 Å². The number of rotatable bonds is 7. The van der Waals surface area contributed by atoms with E-state index in [1.165, 1.54) is 42.7 Å². The van der Waals surface area contributed by atoms with Crippen LogP contribution in [0, 0.1) is 5.82 Å². The highest BCUT2D eigenvalue weighted by atomic mass is 19.4. The molecule has 1 aliphatic rings. The Morgan fingerprint density at radius 1 is 1.13 bits per heavy atom. The summed E-state index contributed by atoms with van der Waals surface area (Å²) >= 11 is 0. The molecule has 4 rings (SSSR count). The minimum Gasteiger partial charge on any atom is -0.397 e. The van der Waals surface area contributed by atoms with Gasteiger partial charge in [-0.2, -0.15) is 18.3 Å². The Bertz CT molecular complexity index is 1330. The number of hydrogen-bond acceptors (Lipinski definition) is 6. The molecular formula is C25H22F5N5O3. The van der Waals surface area contributed by atoms with Crippen LogP contribution >= 0.6 is 0 Å². The molecule has 0 bridgehead atoms. The molecule has 200 valence electrons. The highest BCUT2D eigenvalue weighted by Crippen LogP contribution is 2.37. The van der Waals surface area contributed by atoms with Crippen molar-refractivity contribution < 1.29 is 36.4 Å². The van der Waals surface area contributed by atoms with Gasteiger partial charge in [0.05, 0.1) is 35.7 Å². The number of nitrogens with zero attached hydrogens (tertiary/aromatic N) is 2. The van der Waals surface area contributed by atoms with Crippen molar-refractivity contribution in [2.45, 2.75) is 24.7 Å². The fourth-order valence-electron chi connectivity index (χ4n) is 3.95. The monoisotopic (exact) mass is 535 g/mol. The van der Waals surface area contributed by atoms with Crippen LogP contribution < -0.4 is 16.4 Å². The third kappa shape index (κ3) is 5.83. The molecule has 3 aromatic rings. The van der Waals surface area contributed by atoms with Crippen LogP contribution in [0.4, 0.5) is 39.1 Å². The van der Waals surface area contributed by atoms with E-state index < -0.39 is 47.1 Å². The molecule has 2 amide bonds. The van der Waals surface area contributed by atoms with Gasteiger partial charge >= 0.3 is 6.18 Å². The summed E-state index contributed by atoms with van der Waals surface area (Å²) in [7, 11) is 0. The lowest BCUT2D eigenvalue weighted by atomic mass is 9.96. The summed E-state index contributed by atoms with van der Waals surface area (Å²) in [6.07, 6.45) is -2.16. The summed E-state index contributed by atoms with van der Waals surface area (Å²) < 4.78 is 74.1. The standard InChI is InChI=1S/C25H22F5N5O3/c26-20-3-1-2-19(25(27,28)29)21(20)33-18-6-4-15(5-7-18)13-35(30)23(37)24(8-9-38-14-24)34-22(36)16-10-17(31)12-32-11-16/h1-7,10-12,33H,8-9,13-14,31H2,(H,34,36). The average Bonchev–Trinajstić information content (AvgIpc) is 3.34. The normalized spacial score (nSPS) is 17.2. The number of nitrogens with one attached hydrogen (secondary N) is 2. The molecule has 1 atom stereocenters. The Balaban J connectivity index is 1.45. The lowest BCUT2D eigenvalue weighted by Gasteiger charge is -2.29. The second kappa shape index (κ2) is 10.6. The van der Waals surface area contributed by atoms with Crippen LogP contribution in [-0.2, 0) is 22.3 Å². The lowest BCUT2D eigenvalue weighted by Crippen LogP contribution is -2.58. The molecule has 2 heterocycles. The average molecular weight is 535 g/mol. The number of anilines is 3. The van der Waals surface area contributed by atoms with Gasteiger partial charge in [-0.1, -0.05) is 22.7 Å². The number of nitrogens with two attached hydrogens (primary N) is 1. The molecule has 8 nitrogen and oxygen atoms in total. The topological polar surface area (TPSA) is 110 Å². The molecular weight excluding hydrogens is 513 g/mol. The number of ether oxygens (including phenoxy) is 1. The number of benzene rings is 2. The minimum absolute atomic E-state index is 0.0285. The number of halogens is 5.